The molecule has 0 saturated carbocycles. The second-order valence-corrected chi connectivity index (χ2v) is 6.17. The summed E-state index contributed by atoms with van der Waals surface area (Å²) >= 11 is 0. The third kappa shape index (κ3) is 2.62. The van der Waals surface area contributed by atoms with E-state index >= 15 is 0 Å². The van der Waals surface area contributed by atoms with Crippen LogP contribution < -0.4 is 21.3 Å². The molecule has 2 amide bonds. The van der Waals surface area contributed by atoms with Crippen LogP contribution in [0, 0.1) is 5.82 Å². The summed E-state index contributed by atoms with van der Waals surface area (Å²) in [5.74, 6) is -1.84. The molecule has 0 radical (unpaired) electrons. The number of carbonyl (C=O) groups excluding carboxylic acids is 2. The first-order valence-corrected chi connectivity index (χ1v) is 8.26. The number of aromatic nitrogens is 1. The Kier molecular flexibility index (Phi) is 3.96. The minimum Gasteiger partial charge on any atom is -0.494 e. The fraction of sp³-hybridized carbons (Fsp3) is 0.0500. The monoisotopic (exact) mass is 379 g/mol. The number of rotatable bonds is 3. The van der Waals surface area contributed by atoms with Gasteiger partial charge in [-0.15, -0.1) is 0 Å². The SMILES string of the molecule is COc1ccc(-c2cccc(-n3c(N)c4c(cc3=O)C(=O)NC4=O)c2)cc1F. The Hall–Kier alpha value is -3.94. The zero-order chi connectivity index (χ0) is 20.0. The minimum absolute atomic E-state index is 0.0366. The molecule has 1 aliphatic rings. The molecular weight excluding hydrogens is 365 g/mol. The number of anilines is 1. The molecule has 3 N–H and O–H groups in total. The van der Waals surface area contributed by atoms with Gasteiger partial charge in [0.25, 0.3) is 17.4 Å². The lowest BCUT2D eigenvalue weighted by molar-refractivity contribution is 0.0880. The van der Waals surface area contributed by atoms with Crippen molar-refractivity contribution in [3.8, 4) is 22.6 Å². The molecule has 1 aliphatic heterocycles. The van der Waals surface area contributed by atoms with Crippen molar-refractivity contribution in [1.29, 1.82) is 0 Å². The number of ether oxygens (including phenoxy) is 1. The highest BCUT2D eigenvalue weighted by Crippen LogP contribution is 2.28. The molecule has 1 aromatic heterocycles. The van der Waals surface area contributed by atoms with Gasteiger partial charge in [0.1, 0.15) is 5.82 Å². The minimum atomic E-state index is -0.654. The number of hydrogen-bond donors (Lipinski definition) is 2. The van der Waals surface area contributed by atoms with E-state index in [2.05, 4.69) is 5.32 Å². The Morgan fingerprint density at radius 2 is 1.75 bits per heavy atom. The molecule has 7 nitrogen and oxygen atoms in total. The van der Waals surface area contributed by atoms with Gasteiger partial charge in [0, 0.05) is 6.07 Å². The number of nitrogens with one attached hydrogen (secondary N) is 1. The van der Waals surface area contributed by atoms with Gasteiger partial charge in [-0.1, -0.05) is 18.2 Å². The van der Waals surface area contributed by atoms with Crippen molar-refractivity contribution in [3.63, 3.8) is 0 Å². The number of fused-ring (bicyclic) bond motifs is 1. The summed E-state index contributed by atoms with van der Waals surface area (Å²) in [6.45, 7) is 0. The van der Waals surface area contributed by atoms with E-state index in [-0.39, 0.29) is 22.7 Å². The quantitative estimate of drug-likeness (QED) is 0.679. The molecule has 0 unspecified atom stereocenters. The van der Waals surface area contributed by atoms with Gasteiger partial charge in [0.15, 0.2) is 11.6 Å². The van der Waals surface area contributed by atoms with Crippen LogP contribution in [-0.4, -0.2) is 23.5 Å². The summed E-state index contributed by atoms with van der Waals surface area (Å²) in [5.41, 5.74) is 6.99. The summed E-state index contributed by atoms with van der Waals surface area (Å²) in [5, 5.41) is 2.12. The number of benzene rings is 2. The molecule has 2 aromatic carbocycles. The summed E-state index contributed by atoms with van der Waals surface area (Å²) in [4.78, 5) is 36.3. The van der Waals surface area contributed by atoms with Crippen molar-refractivity contribution in [2.45, 2.75) is 0 Å². The predicted molar refractivity (Wildman–Crippen MR) is 100 cm³/mol. The lowest BCUT2D eigenvalue weighted by atomic mass is 10.0. The van der Waals surface area contributed by atoms with Crippen LogP contribution >= 0.6 is 0 Å². The molecule has 8 heteroatoms. The maximum Gasteiger partial charge on any atom is 0.262 e. The number of methoxy groups -OCH3 is 1. The summed E-state index contributed by atoms with van der Waals surface area (Å²) < 4.78 is 20.1. The highest BCUT2D eigenvalue weighted by atomic mass is 19.1. The Morgan fingerprint density at radius 3 is 2.46 bits per heavy atom. The second kappa shape index (κ2) is 6.34. The highest BCUT2D eigenvalue weighted by molar-refractivity contribution is 6.23. The summed E-state index contributed by atoms with van der Waals surface area (Å²) in [7, 11) is 1.38. The number of nitrogens with two attached hydrogens (primary N) is 1. The van der Waals surface area contributed by atoms with Crippen molar-refractivity contribution >= 4 is 17.6 Å². The zero-order valence-electron chi connectivity index (χ0n) is 14.7. The lowest BCUT2D eigenvalue weighted by Crippen LogP contribution is -2.24. The van der Waals surface area contributed by atoms with Gasteiger partial charge in [-0.05, 0) is 35.4 Å². The third-order valence-corrected chi connectivity index (χ3v) is 4.54. The van der Waals surface area contributed by atoms with Crippen molar-refractivity contribution in [2.24, 2.45) is 0 Å². The molecular formula is C20H14FN3O4. The number of imide groups is 1. The molecule has 0 fully saturated rings. The standard InChI is InChI=1S/C20H14FN3O4/c1-28-15-6-5-11(8-14(15)21)10-3-2-4-12(7-10)24-16(25)9-13-17(18(24)22)20(27)23-19(13)26/h2-9H,22H2,1H3,(H,23,26,27). The second-order valence-electron chi connectivity index (χ2n) is 6.17. The first kappa shape index (κ1) is 17.5. The Morgan fingerprint density at radius 1 is 1.00 bits per heavy atom. The normalized spacial score (nSPS) is 12.6. The highest BCUT2D eigenvalue weighted by Gasteiger charge is 2.31. The van der Waals surface area contributed by atoms with Crippen LogP contribution in [0.2, 0.25) is 0 Å². The third-order valence-electron chi connectivity index (χ3n) is 4.54. The number of halogens is 1. The van der Waals surface area contributed by atoms with E-state index < -0.39 is 23.2 Å². The molecule has 2 heterocycles. The number of hydrogen-bond acceptors (Lipinski definition) is 5. The molecule has 0 saturated heterocycles. The fourth-order valence-electron chi connectivity index (χ4n) is 3.22. The van der Waals surface area contributed by atoms with Crippen molar-refractivity contribution < 1.29 is 18.7 Å². The first-order valence-electron chi connectivity index (χ1n) is 8.26. The van der Waals surface area contributed by atoms with Gasteiger partial charge in [-0.2, -0.15) is 0 Å². The number of carbonyl (C=O) groups is 2. The van der Waals surface area contributed by atoms with Crippen LogP contribution in [0.5, 0.6) is 5.75 Å². The van der Waals surface area contributed by atoms with E-state index in [0.29, 0.717) is 16.8 Å². The topological polar surface area (TPSA) is 103 Å². The van der Waals surface area contributed by atoms with E-state index in [9.17, 15) is 18.8 Å². The van der Waals surface area contributed by atoms with Crippen LogP contribution in [0.4, 0.5) is 10.2 Å². The molecule has 0 atom stereocenters. The van der Waals surface area contributed by atoms with Crippen LogP contribution in [0.3, 0.4) is 0 Å². The Bertz CT molecular complexity index is 1220. The van der Waals surface area contributed by atoms with Crippen LogP contribution in [0.25, 0.3) is 16.8 Å². The van der Waals surface area contributed by atoms with Crippen molar-refractivity contribution in [1.82, 2.24) is 9.88 Å². The van der Waals surface area contributed by atoms with Crippen LogP contribution in [0.15, 0.2) is 53.3 Å². The van der Waals surface area contributed by atoms with Gasteiger partial charge in [0.2, 0.25) is 0 Å². The van der Waals surface area contributed by atoms with Crippen LogP contribution in [0.1, 0.15) is 20.7 Å². The van der Waals surface area contributed by atoms with Gasteiger partial charge >= 0.3 is 0 Å². The average molecular weight is 379 g/mol. The smallest absolute Gasteiger partial charge is 0.262 e. The maximum atomic E-state index is 14.0. The predicted octanol–water partition coefficient (Wildman–Crippen LogP) is 2.12. The van der Waals surface area contributed by atoms with Gasteiger partial charge in [0.05, 0.1) is 23.9 Å². The van der Waals surface area contributed by atoms with Gasteiger partial charge in [-0.3, -0.25) is 24.3 Å². The van der Waals surface area contributed by atoms with Crippen molar-refractivity contribution in [3.05, 3.63) is 75.8 Å². The molecule has 0 spiro atoms. The van der Waals surface area contributed by atoms with Crippen LogP contribution in [-0.2, 0) is 0 Å². The number of nitrogens with zero attached hydrogens (tertiary/aromatic N) is 1. The molecule has 0 aliphatic carbocycles. The molecule has 28 heavy (non-hydrogen) atoms. The molecule has 140 valence electrons. The number of pyridine rings is 1. The van der Waals surface area contributed by atoms with E-state index in [1.54, 1.807) is 30.3 Å². The fourth-order valence-corrected chi connectivity index (χ4v) is 3.22. The van der Waals surface area contributed by atoms with Crippen molar-refractivity contribution in [2.75, 3.05) is 12.8 Å². The Labute approximate surface area is 158 Å². The largest absolute Gasteiger partial charge is 0.494 e. The summed E-state index contributed by atoms with van der Waals surface area (Å²) in [6, 6.07) is 12.3. The van der Waals surface area contributed by atoms with Gasteiger partial charge in [-0.25, -0.2) is 4.39 Å². The van der Waals surface area contributed by atoms with E-state index in [1.165, 1.54) is 19.2 Å². The average Bonchev–Trinajstić information content (AvgIpc) is 2.95. The Balaban J connectivity index is 1.87. The maximum absolute atomic E-state index is 14.0. The molecule has 0 bridgehead atoms. The van der Waals surface area contributed by atoms with E-state index in [1.807, 2.05) is 0 Å². The van der Waals surface area contributed by atoms with Gasteiger partial charge < -0.3 is 10.5 Å². The molecule has 3 aromatic rings. The summed E-state index contributed by atoms with van der Waals surface area (Å²) in [6.07, 6.45) is 0. The lowest BCUT2D eigenvalue weighted by Gasteiger charge is -2.13. The van der Waals surface area contributed by atoms with E-state index in [4.69, 9.17) is 10.5 Å². The molecule has 4 rings (SSSR count). The zero-order valence-corrected chi connectivity index (χ0v) is 14.7. The number of amides is 2. The van der Waals surface area contributed by atoms with E-state index in [0.717, 1.165) is 10.6 Å². The first-order chi connectivity index (χ1) is 13.4. The number of nitrogen functional groups attached to an aromatic ring is 1.